The van der Waals surface area contributed by atoms with Crippen LogP contribution < -0.4 is 9.30 Å². The molecule has 0 bridgehead atoms. The Balaban J connectivity index is 2.02. The van der Waals surface area contributed by atoms with E-state index in [4.69, 9.17) is 4.74 Å². The monoisotopic (exact) mass is 304 g/mol. The van der Waals surface area contributed by atoms with Crippen LogP contribution in [-0.2, 0) is 13.5 Å². The highest BCUT2D eigenvalue weighted by molar-refractivity contribution is 5.95. The summed E-state index contributed by atoms with van der Waals surface area (Å²) in [7, 11) is 2.12. The number of ether oxygens (including phenoxy) is 1. The standard InChI is InChI=1S/C21H22NO/c1-15-7-3-4-9-18(15)21-19-14-20-17(8-5-6-12-23-20)13-16(19)10-11-22(21)2/h3-4,7,9-11,13-14H,5-6,8,12H2,1-2H3/q+1. The number of rotatable bonds is 1. The van der Waals surface area contributed by atoms with Crippen molar-refractivity contribution in [1.29, 1.82) is 0 Å². The minimum atomic E-state index is 0.831. The molecule has 1 aliphatic rings. The first-order chi connectivity index (χ1) is 11.2. The number of aryl methyl sites for hydroxylation is 3. The third-order valence-electron chi connectivity index (χ3n) is 4.82. The third kappa shape index (κ3) is 2.48. The highest BCUT2D eigenvalue weighted by atomic mass is 16.5. The van der Waals surface area contributed by atoms with Crippen LogP contribution in [0.15, 0.2) is 48.7 Å². The van der Waals surface area contributed by atoms with Crippen molar-refractivity contribution in [2.24, 2.45) is 7.05 Å². The molecule has 0 fully saturated rings. The van der Waals surface area contributed by atoms with E-state index in [0.717, 1.165) is 25.2 Å². The van der Waals surface area contributed by atoms with Crippen molar-refractivity contribution in [1.82, 2.24) is 0 Å². The van der Waals surface area contributed by atoms with E-state index >= 15 is 0 Å². The van der Waals surface area contributed by atoms with Crippen LogP contribution in [0.4, 0.5) is 0 Å². The smallest absolute Gasteiger partial charge is 0.220 e. The van der Waals surface area contributed by atoms with Crippen LogP contribution in [0.5, 0.6) is 5.75 Å². The SMILES string of the molecule is Cc1ccccc1-c1c2cc3c(cc2cc[n+]1C)CCCCO3. The third-order valence-corrected chi connectivity index (χ3v) is 4.82. The Morgan fingerprint density at radius 3 is 2.78 bits per heavy atom. The van der Waals surface area contributed by atoms with Gasteiger partial charge in [-0.25, -0.2) is 4.57 Å². The number of hydrogen-bond acceptors (Lipinski definition) is 1. The number of nitrogens with zero attached hydrogens (tertiary/aromatic N) is 1. The van der Waals surface area contributed by atoms with Crippen molar-refractivity contribution in [2.75, 3.05) is 6.61 Å². The second kappa shape index (κ2) is 5.69. The zero-order chi connectivity index (χ0) is 15.8. The summed E-state index contributed by atoms with van der Waals surface area (Å²) in [6, 6.07) is 15.4. The molecule has 0 saturated heterocycles. The topological polar surface area (TPSA) is 13.1 Å². The highest BCUT2D eigenvalue weighted by Gasteiger charge is 2.19. The quantitative estimate of drug-likeness (QED) is 0.609. The summed E-state index contributed by atoms with van der Waals surface area (Å²) in [6.07, 6.45) is 5.63. The van der Waals surface area contributed by atoms with Crippen LogP contribution in [0.2, 0.25) is 0 Å². The zero-order valence-electron chi connectivity index (χ0n) is 13.8. The average Bonchev–Trinajstić information content (AvgIpc) is 2.79. The second-order valence-corrected chi connectivity index (χ2v) is 6.44. The average molecular weight is 304 g/mol. The number of pyridine rings is 1. The number of fused-ring (bicyclic) bond motifs is 2. The van der Waals surface area contributed by atoms with E-state index in [0.29, 0.717) is 0 Å². The first-order valence-corrected chi connectivity index (χ1v) is 8.38. The Hall–Kier alpha value is -2.35. The Morgan fingerprint density at radius 2 is 1.91 bits per heavy atom. The van der Waals surface area contributed by atoms with Gasteiger partial charge >= 0.3 is 0 Å². The molecule has 1 aliphatic heterocycles. The lowest BCUT2D eigenvalue weighted by molar-refractivity contribution is -0.659. The van der Waals surface area contributed by atoms with Gasteiger partial charge in [-0.1, -0.05) is 18.2 Å². The van der Waals surface area contributed by atoms with Crippen molar-refractivity contribution in [2.45, 2.75) is 26.2 Å². The summed E-state index contributed by atoms with van der Waals surface area (Å²) < 4.78 is 8.22. The molecule has 3 aromatic rings. The van der Waals surface area contributed by atoms with Crippen LogP contribution >= 0.6 is 0 Å². The van der Waals surface area contributed by atoms with E-state index < -0.39 is 0 Å². The van der Waals surface area contributed by atoms with Crippen LogP contribution in [0.25, 0.3) is 22.0 Å². The summed E-state index contributed by atoms with van der Waals surface area (Å²) in [5.41, 5.74) is 5.19. The van der Waals surface area contributed by atoms with Crippen LogP contribution in [-0.4, -0.2) is 6.61 Å². The van der Waals surface area contributed by atoms with Gasteiger partial charge in [-0.05, 0) is 60.9 Å². The largest absolute Gasteiger partial charge is 0.493 e. The van der Waals surface area contributed by atoms with Gasteiger partial charge in [0.2, 0.25) is 5.69 Å². The molecule has 0 spiro atoms. The van der Waals surface area contributed by atoms with Gasteiger partial charge in [0, 0.05) is 11.6 Å². The van der Waals surface area contributed by atoms with Gasteiger partial charge in [0.1, 0.15) is 12.8 Å². The minimum absolute atomic E-state index is 0.831. The number of hydrogen-bond donors (Lipinski definition) is 0. The minimum Gasteiger partial charge on any atom is -0.493 e. The summed E-state index contributed by atoms with van der Waals surface area (Å²) in [5.74, 6) is 1.07. The predicted octanol–water partition coefficient (Wildman–Crippen LogP) is 4.35. The van der Waals surface area contributed by atoms with E-state index in [1.807, 2.05) is 0 Å². The van der Waals surface area contributed by atoms with Gasteiger partial charge in [-0.3, -0.25) is 0 Å². The van der Waals surface area contributed by atoms with E-state index in [1.54, 1.807) is 0 Å². The maximum absolute atomic E-state index is 6.01. The predicted molar refractivity (Wildman–Crippen MR) is 93.7 cm³/mol. The lowest BCUT2D eigenvalue weighted by Gasteiger charge is -2.12. The van der Waals surface area contributed by atoms with Gasteiger partial charge in [-0.2, -0.15) is 0 Å². The first-order valence-electron chi connectivity index (χ1n) is 8.38. The summed E-state index contributed by atoms with van der Waals surface area (Å²) in [4.78, 5) is 0. The molecular formula is C21H22NO+. The fourth-order valence-electron chi connectivity index (χ4n) is 3.55. The van der Waals surface area contributed by atoms with Gasteiger partial charge in [0.25, 0.3) is 0 Å². The number of benzene rings is 2. The molecule has 2 aromatic carbocycles. The van der Waals surface area contributed by atoms with Crippen molar-refractivity contribution >= 4 is 10.8 Å². The molecule has 2 heterocycles. The fraction of sp³-hybridized carbons (Fsp3) is 0.286. The number of aromatic nitrogens is 1. The molecule has 0 unspecified atom stereocenters. The highest BCUT2D eigenvalue weighted by Crippen LogP contribution is 2.34. The second-order valence-electron chi connectivity index (χ2n) is 6.44. The molecule has 23 heavy (non-hydrogen) atoms. The summed E-state index contributed by atoms with van der Waals surface area (Å²) in [5, 5.41) is 2.57. The van der Waals surface area contributed by atoms with Crippen LogP contribution in [0.1, 0.15) is 24.0 Å². The molecule has 1 aromatic heterocycles. The summed E-state index contributed by atoms with van der Waals surface area (Å²) in [6.45, 7) is 3.01. The molecule has 0 aliphatic carbocycles. The molecule has 116 valence electrons. The lowest BCUT2D eigenvalue weighted by atomic mass is 9.97. The lowest BCUT2D eigenvalue weighted by Crippen LogP contribution is -2.30. The Labute approximate surface area is 137 Å². The van der Waals surface area contributed by atoms with Crippen LogP contribution in [0, 0.1) is 6.92 Å². The van der Waals surface area contributed by atoms with Gasteiger partial charge in [0.15, 0.2) is 6.20 Å². The Bertz CT molecular complexity index is 882. The molecule has 2 nitrogen and oxygen atoms in total. The maximum Gasteiger partial charge on any atom is 0.220 e. The first kappa shape index (κ1) is 14.3. The summed E-state index contributed by atoms with van der Waals surface area (Å²) >= 11 is 0. The fourth-order valence-corrected chi connectivity index (χ4v) is 3.55. The van der Waals surface area contributed by atoms with Crippen molar-refractivity contribution in [3.63, 3.8) is 0 Å². The molecule has 0 saturated carbocycles. The van der Waals surface area contributed by atoms with E-state index in [2.05, 4.69) is 67.2 Å². The van der Waals surface area contributed by atoms with Gasteiger partial charge in [-0.15, -0.1) is 0 Å². The van der Waals surface area contributed by atoms with Gasteiger partial charge in [0.05, 0.1) is 12.0 Å². The van der Waals surface area contributed by atoms with E-state index in [9.17, 15) is 0 Å². The molecule has 0 N–H and O–H groups in total. The molecule has 4 rings (SSSR count). The van der Waals surface area contributed by atoms with Crippen molar-refractivity contribution in [3.05, 3.63) is 59.8 Å². The normalized spacial score (nSPS) is 14.2. The molecule has 0 amide bonds. The van der Waals surface area contributed by atoms with E-state index in [-0.39, 0.29) is 0 Å². The molecular weight excluding hydrogens is 282 g/mol. The van der Waals surface area contributed by atoms with E-state index in [1.165, 1.54) is 39.6 Å². The van der Waals surface area contributed by atoms with Crippen molar-refractivity contribution < 1.29 is 9.30 Å². The maximum atomic E-state index is 6.01. The molecule has 0 atom stereocenters. The zero-order valence-corrected chi connectivity index (χ0v) is 13.8. The Kier molecular flexibility index (Phi) is 3.53. The van der Waals surface area contributed by atoms with Crippen molar-refractivity contribution in [3.8, 4) is 17.0 Å². The molecule has 0 radical (unpaired) electrons. The van der Waals surface area contributed by atoms with Crippen LogP contribution in [0.3, 0.4) is 0 Å². The van der Waals surface area contributed by atoms with Gasteiger partial charge < -0.3 is 4.74 Å². The molecule has 2 heteroatoms. The Morgan fingerprint density at radius 1 is 1.04 bits per heavy atom.